The van der Waals surface area contributed by atoms with Gasteiger partial charge in [-0.25, -0.2) is 0 Å². The fourth-order valence-corrected chi connectivity index (χ4v) is 3.21. The molecule has 0 aliphatic heterocycles. The monoisotopic (exact) mass is 186 g/mol. The third-order valence-electron chi connectivity index (χ3n) is 2.89. The van der Waals surface area contributed by atoms with E-state index in [0.717, 1.165) is 0 Å². The molecule has 0 radical (unpaired) electrons. The van der Waals surface area contributed by atoms with E-state index in [1.54, 1.807) is 0 Å². The SMILES string of the molecule is CC1=C[C@@H](S(C)=O)[C@H](C)[C@@H](C)C1. The molecule has 0 saturated heterocycles. The zero-order chi connectivity index (χ0) is 9.30. The molecule has 12 heavy (non-hydrogen) atoms. The van der Waals surface area contributed by atoms with Crippen LogP contribution in [0.3, 0.4) is 0 Å². The second-order valence-electron chi connectivity index (χ2n) is 4.02. The highest BCUT2D eigenvalue weighted by atomic mass is 32.2. The molecular weight excluding hydrogens is 168 g/mol. The van der Waals surface area contributed by atoms with Crippen LogP contribution in [0.1, 0.15) is 27.2 Å². The maximum atomic E-state index is 11.4. The highest BCUT2D eigenvalue weighted by molar-refractivity contribution is 7.85. The van der Waals surface area contributed by atoms with Gasteiger partial charge in [0.15, 0.2) is 0 Å². The molecule has 2 heteroatoms. The standard InChI is InChI=1S/C10H18OS/c1-7-5-8(2)9(3)10(6-7)12(4)11/h6,8-10H,5H2,1-4H3/t8-,9+,10+,12?/m0/s1. The first-order valence-electron chi connectivity index (χ1n) is 4.52. The van der Waals surface area contributed by atoms with Gasteiger partial charge in [-0.3, -0.25) is 4.21 Å². The van der Waals surface area contributed by atoms with Crippen molar-refractivity contribution < 1.29 is 4.21 Å². The first kappa shape index (κ1) is 9.97. The van der Waals surface area contributed by atoms with Crippen molar-refractivity contribution in [2.45, 2.75) is 32.4 Å². The van der Waals surface area contributed by atoms with E-state index in [1.165, 1.54) is 12.0 Å². The molecule has 70 valence electrons. The average Bonchev–Trinajstić information content (AvgIpc) is 1.96. The summed E-state index contributed by atoms with van der Waals surface area (Å²) < 4.78 is 11.4. The van der Waals surface area contributed by atoms with Crippen LogP contribution in [0.4, 0.5) is 0 Å². The van der Waals surface area contributed by atoms with E-state index in [0.29, 0.717) is 11.8 Å². The molecule has 1 unspecified atom stereocenters. The number of hydrogen-bond acceptors (Lipinski definition) is 1. The largest absolute Gasteiger partial charge is 0.259 e. The molecule has 4 atom stereocenters. The Morgan fingerprint density at radius 3 is 2.58 bits per heavy atom. The van der Waals surface area contributed by atoms with Crippen LogP contribution in [0.15, 0.2) is 11.6 Å². The van der Waals surface area contributed by atoms with Crippen molar-refractivity contribution in [3.63, 3.8) is 0 Å². The van der Waals surface area contributed by atoms with Gasteiger partial charge in [-0.15, -0.1) is 0 Å². The molecule has 0 N–H and O–H groups in total. The predicted octanol–water partition coefficient (Wildman–Crippen LogP) is 2.36. The summed E-state index contributed by atoms with van der Waals surface area (Å²) in [5.74, 6) is 1.25. The minimum Gasteiger partial charge on any atom is -0.259 e. The van der Waals surface area contributed by atoms with Crippen LogP contribution >= 0.6 is 0 Å². The molecule has 0 heterocycles. The maximum absolute atomic E-state index is 11.4. The Labute approximate surface area is 77.7 Å². The van der Waals surface area contributed by atoms with Gasteiger partial charge in [0.2, 0.25) is 0 Å². The van der Waals surface area contributed by atoms with Crippen molar-refractivity contribution in [2.75, 3.05) is 6.26 Å². The van der Waals surface area contributed by atoms with E-state index in [4.69, 9.17) is 0 Å². The highest BCUT2D eigenvalue weighted by Gasteiger charge is 2.27. The highest BCUT2D eigenvalue weighted by Crippen LogP contribution is 2.31. The zero-order valence-electron chi connectivity index (χ0n) is 8.33. The van der Waals surface area contributed by atoms with Gasteiger partial charge in [-0.05, 0) is 25.2 Å². The Morgan fingerprint density at radius 2 is 2.08 bits per heavy atom. The van der Waals surface area contributed by atoms with Crippen LogP contribution in [0.5, 0.6) is 0 Å². The Bertz CT molecular complexity index is 220. The molecule has 0 aromatic rings. The molecular formula is C10H18OS. The molecule has 1 nitrogen and oxygen atoms in total. The van der Waals surface area contributed by atoms with Crippen LogP contribution < -0.4 is 0 Å². The van der Waals surface area contributed by atoms with Gasteiger partial charge in [0.25, 0.3) is 0 Å². The Hall–Kier alpha value is -0.110. The summed E-state index contributed by atoms with van der Waals surface area (Å²) in [5.41, 5.74) is 1.40. The molecule has 1 aliphatic rings. The van der Waals surface area contributed by atoms with Crippen molar-refractivity contribution >= 4 is 10.8 Å². The topological polar surface area (TPSA) is 17.1 Å². The summed E-state index contributed by atoms with van der Waals surface area (Å²) >= 11 is 0. The fraction of sp³-hybridized carbons (Fsp3) is 0.800. The van der Waals surface area contributed by atoms with Gasteiger partial charge in [-0.2, -0.15) is 0 Å². The van der Waals surface area contributed by atoms with Crippen LogP contribution in [0.2, 0.25) is 0 Å². The molecule has 0 fully saturated rings. The fourth-order valence-electron chi connectivity index (χ4n) is 1.92. The van der Waals surface area contributed by atoms with Crippen LogP contribution in [-0.4, -0.2) is 15.7 Å². The van der Waals surface area contributed by atoms with Gasteiger partial charge in [0, 0.05) is 17.1 Å². The molecule has 0 spiro atoms. The lowest BCUT2D eigenvalue weighted by molar-refractivity contribution is 0.374. The summed E-state index contributed by atoms with van der Waals surface area (Å²) in [7, 11) is -0.700. The molecule has 0 bridgehead atoms. The smallest absolute Gasteiger partial charge is 0.0555 e. The number of hydrogen-bond donors (Lipinski definition) is 0. The summed E-state index contributed by atoms with van der Waals surface area (Å²) in [6.45, 7) is 6.60. The van der Waals surface area contributed by atoms with E-state index in [-0.39, 0.29) is 5.25 Å². The minimum absolute atomic E-state index is 0.286. The quantitative estimate of drug-likeness (QED) is 0.575. The molecule has 0 saturated carbocycles. The predicted molar refractivity (Wildman–Crippen MR) is 54.6 cm³/mol. The summed E-state index contributed by atoms with van der Waals surface area (Å²) in [6, 6.07) is 0. The lowest BCUT2D eigenvalue weighted by Crippen LogP contribution is -2.29. The first-order chi connectivity index (χ1) is 5.52. The second kappa shape index (κ2) is 3.73. The van der Waals surface area contributed by atoms with Crippen LogP contribution in [0, 0.1) is 11.8 Å². The van der Waals surface area contributed by atoms with Crippen molar-refractivity contribution in [3.05, 3.63) is 11.6 Å². The maximum Gasteiger partial charge on any atom is 0.0555 e. The lowest BCUT2D eigenvalue weighted by Gasteiger charge is -2.30. The van der Waals surface area contributed by atoms with E-state index in [1.807, 2.05) is 6.26 Å². The van der Waals surface area contributed by atoms with E-state index in [2.05, 4.69) is 26.8 Å². The lowest BCUT2D eigenvalue weighted by atomic mass is 9.82. The van der Waals surface area contributed by atoms with Gasteiger partial charge in [-0.1, -0.05) is 25.5 Å². The zero-order valence-corrected chi connectivity index (χ0v) is 9.15. The Balaban J connectivity index is 2.84. The Kier molecular flexibility index (Phi) is 3.10. The third kappa shape index (κ3) is 1.98. The molecule has 0 aromatic heterocycles. The van der Waals surface area contributed by atoms with Gasteiger partial charge in [0.05, 0.1) is 5.25 Å². The first-order valence-corrected chi connectivity index (χ1v) is 6.14. The van der Waals surface area contributed by atoms with Gasteiger partial charge < -0.3 is 0 Å². The van der Waals surface area contributed by atoms with Crippen LogP contribution in [0.25, 0.3) is 0 Å². The van der Waals surface area contributed by atoms with E-state index < -0.39 is 10.8 Å². The molecule has 1 rings (SSSR count). The minimum atomic E-state index is -0.700. The summed E-state index contributed by atoms with van der Waals surface area (Å²) in [6.07, 6.45) is 5.18. The Morgan fingerprint density at radius 1 is 1.50 bits per heavy atom. The summed E-state index contributed by atoms with van der Waals surface area (Å²) in [5, 5.41) is 0.286. The molecule has 0 aromatic carbocycles. The van der Waals surface area contributed by atoms with Crippen LogP contribution in [-0.2, 0) is 10.8 Å². The number of allylic oxidation sites excluding steroid dienone is 1. The average molecular weight is 186 g/mol. The summed E-state index contributed by atoms with van der Waals surface area (Å²) in [4.78, 5) is 0. The molecule has 1 aliphatic carbocycles. The van der Waals surface area contributed by atoms with Gasteiger partial charge in [0.1, 0.15) is 0 Å². The number of rotatable bonds is 1. The van der Waals surface area contributed by atoms with Crippen molar-refractivity contribution in [1.29, 1.82) is 0 Å². The molecule has 0 amide bonds. The van der Waals surface area contributed by atoms with Gasteiger partial charge >= 0.3 is 0 Å². The van der Waals surface area contributed by atoms with Crippen molar-refractivity contribution in [1.82, 2.24) is 0 Å². The van der Waals surface area contributed by atoms with E-state index in [9.17, 15) is 4.21 Å². The second-order valence-corrected chi connectivity index (χ2v) is 5.56. The third-order valence-corrected chi connectivity index (χ3v) is 4.22. The van der Waals surface area contributed by atoms with Crippen molar-refractivity contribution in [3.8, 4) is 0 Å². The van der Waals surface area contributed by atoms with E-state index >= 15 is 0 Å². The normalized spacial score (nSPS) is 39.0. The van der Waals surface area contributed by atoms with Crippen molar-refractivity contribution in [2.24, 2.45) is 11.8 Å².